The first-order valence-electron chi connectivity index (χ1n) is 2.22. The summed E-state index contributed by atoms with van der Waals surface area (Å²) in [6.45, 7) is 0. The van der Waals surface area contributed by atoms with E-state index in [2.05, 4.69) is 22.6 Å². The molecule has 1 nitrogen and oxygen atoms in total. The average molecular weight is 108 g/mol. The first-order valence-corrected chi connectivity index (χ1v) is 2.67. The summed E-state index contributed by atoms with van der Waals surface area (Å²) in [5, 5.41) is 0. The molecule has 1 heterocycles. The minimum Gasteiger partial charge on any atom is -0.383 e. The number of rotatable bonds is 0. The van der Waals surface area contributed by atoms with Gasteiger partial charge in [0.25, 0.3) is 0 Å². The molecule has 0 aromatic rings. The normalized spacial score (nSPS) is 18.1. The van der Waals surface area contributed by atoms with E-state index in [0.29, 0.717) is 0 Å². The zero-order chi connectivity index (χ0) is 5.11. The van der Waals surface area contributed by atoms with Gasteiger partial charge in [-0.25, -0.2) is 0 Å². The van der Waals surface area contributed by atoms with E-state index in [1.54, 1.807) is 0 Å². The van der Waals surface area contributed by atoms with Crippen LogP contribution in [0, 0.1) is 0 Å². The third-order valence-corrected chi connectivity index (χ3v) is 1.10. The standard InChI is InChI=1S/C5H6NSi/c7-6-4-2-1-3-5-6/h2-5H,1H2. The molecule has 0 amide bonds. The minimum atomic E-state index is 1.06. The fourth-order valence-corrected chi connectivity index (χ4v) is 0.688. The zero-order valence-electron chi connectivity index (χ0n) is 3.96. The van der Waals surface area contributed by atoms with Crippen molar-refractivity contribution in [2.75, 3.05) is 0 Å². The molecular formula is C5H6NSi. The lowest BCUT2D eigenvalue weighted by molar-refractivity contribution is 0.800. The maximum absolute atomic E-state index is 3.29. The van der Waals surface area contributed by atoms with Crippen LogP contribution in [-0.4, -0.2) is 15.0 Å². The molecule has 0 atom stereocenters. The van der Waals surface area contributed by atoms with Crippen molar-refractivity contribution in [3.63, 3.8) is 0 Å². The topological polar surface area (TPSA) is 3.24 Å². The van der Waals surface area contributed by atoms with Gasteiger partial charge in [0.15, 0.2) is 10.4 Å². The molecule has 0 saturated carbocycles. The van der Waals surface area contributed by atoms with E-state index in [4.69, 9.17) is 0 Å². The van der Waals surface area contributed by atoms with Crippen LogP contribution < -0.4 is 0 Å². The molecule has 0 bridgehead atoms. The molecule has 0 aliphatic carbocycles. The summed E-state index contributed by atoms with van der Waals surface area (Å²) >= 11 is 0. The maximum Gasteiger partial charge on any atom is 0.194 e. The zero-order valence-corrected chi connectivity index (χ0v) is 4.96. The van der Waals surface area contributed by atoms with Crippen LogP contribution >= 0.6 is 0 Å². The van der Waals surface area contributed by atoms with Gasteiger partial charge in [-0.15, -0.1) is 0 Å². The molecule has 0 unspecified atom stereocenters. The van der Waals surface area contributed by atoms with Crippen LogP contribution in [0.5, 0.6) is 0 Å². The van der Waals surface area contributed by atoms with E-state index in [0.717, 1.165) is 6.42 Å². The quantitative estimate of drug-likeness (QED) is 0.415. The van der Waals surface area contributed by atoms with Gasteiger partial charge < -0.3 is 4.57 Å². The predicted molar refractivity (Wildman–Crippen MR) is 30.5 cm³/mol. The molecule has 7 heavy (non-hydrogen) atoms. The van der Waals surface area contributed by atoms with Crippen molar-refractivity contribution in [3.05, 3.63) is 24.6 Å². The highest BCUT2D eigenvalue weighted by molar-refractivity contribution is 6.05. The highest BCUT2D eigenvalue weighted by atomic mass is 28.2. The molecule has 3 radical (unpaired) electrons. The Morgan fingerprint density at radius 2 is 1.86 bits per heavy atom. The lowest BCUT2D eigenvalue weighted by atomic mass is 10.4. The second-order valence-electron chi connectivity index (χ2n) is 1.41. The van der Waals surface area contributed by atoms with Gasteiger partial charge >= 0.3 is 0 Å². The lowest BCUT2D eigenvalue weighted by Crippen LogP contribution is -2.03. The van der Waals surface area contributed by atoms with Crippen LogP contribution in [0.3, 0.4) is 0 Å². The minimum absolute atomic E-state index is 1.06. The van der Waals surface area contributed by atoms with Crippen LogP contribution in [0.25, 0.3) is 0 Å². The van der Waals surface area contributed by atoms with Gasteiger partial charge in [-0.2, -0.15) is 0 Å². The van der Waals surface area contributed by atoms with Gasteiger partial charge in [0.2, 0.25) is 0 Å². The van der Waals surface area contributed by atoms with Crippen molar-refractivity contribution in [2.24, 2.45) is 0 Å². The van der Waals surface area contributed by atoms with Crippen LogP contribution in [0.4, 0.5) is 0 Å². The monoisotopic (exact) mass is 108 g/mol. The molecule has 1 aliphatic rings. The molecular weight excluding hydrogens is 102 g/mol. The first kappa shape index (κ1) is 4.65. The summed E-state index contributed by atoms with van der Waals surface area (Å²) in [6.07, 6.45) is 9.15. The Morgan fingerprint density at radius 3 is 2.14 bits per heavy atom. The first-order chi connectivity index (χ1) is 3.39. The highest BCUT2D eigenvalue weighted by Crippen LogP contribution is 1.96. The van der Waals surface area contributed by atoms with Crippen LogP contribution in [-0.2, 0) is 0 Å². The predicted octanol–water partition coefficient (Wildman–Crippen LogP) is 0.803. The van der Waals surface area contributed by atoms with Gasteiger partial charge in [0.05, 0.1) is 0 Å². The van der Waals surface area contributed by atoms with E-state index >= 15 is 0 Å². The Hall–Kier alpha value is -0.503. The van der Waals surface area contributed by atoms with E-state index in [1.165, 1.54) is 0 Å². The summed E-state index contributed by atoms with van der Waals surface area (Å²) in [7, 11) is 3.29. The van der Waals surface area contributed by atoms with Crippen LogP contribution in [0.1, 0.15) is 6.42 Å². The highest BCUT2D eigenvalue weighted by Gasteiger charge is 1.84. The van der Waals surface area contributed by atoms with Crippen molar-refractivity contribution in [1.29, 1.82) is 0 Å². The summed E-state index contributed by atoms with van der Waals surface area (Å²) in [4.78, 5) is 0. The van der Waals surface area contributed by atoms with Crippen molar-refractivity contribution >= 4 is 10.4 Å². The summed E-state index contributed by atoms with van der Waals surface area (Å²) in [6, 6.07) is 0. The molecule has 0 saturated heterocycles. The third-order valence-electron chi connectivity index (χ3n) is 0.804. The lowest BCUT2D eigenvalue weighted by Gasteiger charge is -2.08. The Labute approximate surface area is 46.8 Å². The summed E-state index contributed by atoms with van der Waals surface area (Å²) in [5.74, 6) is 0. The molecule has 2 heteroatoms. The Bertz CT molecular complexity index is 94.6. The summed E-state index contributed by atoms with van der Waals surface area (Å²) in [5.41, 5.74) is 0. The molecule has 0 aromatic carbocycles. The molecule has 35 valence electrons. The van der Waals surface area contributed by atoms with Gasteiger partial charge in [0.1, 0.15) is 0 Å². The number of hydrogen-bond acceptors (Lipinski definition) is 1. The van der Waals surface area contributed by atoms with Crippen molar-refractivity contribution in [1.82, 2.24) is 4.57 Å². The molecule has 0 fully saturated rings. The number of nitrogens with zero attached hydrogens (tertiary/aromatic N) is 1. The van der Waals surface area contributed by atoms with Crippen LogP contribution in [0.2, 0.25) is 0 Å². The summed E-state index contributed by atoms with van der Waals surface area (Å²) < 4.78 is 1.84. The van der Waals surface area contributed by atoms with Crippen molar-refractivity contribution in [2.45, 2.75) is 6.42 Å². The van der Waals surface area contributed by atoms with Crippen molar-refractivity contribution in [3.8, 4) is 0 Å². The van der Waals surface area contributed by atoms with E-state index in [9.17, 15) is 0 Å². The second kappa shape index (κ2) is 1.98. The van der Waals surface area contributed by atoms with Gasteiger partial charge in [0, 0.05) is 0 Å². The van der Waals surface area contributed by atoms with Gasteiger partial charge in [-0.05, 0) is 18.8 Å². The SMILES string of the molecule is [Si]N1C=CCC=C1. The largest absolute Gasteiger partial charge is 0.383 e. The fraction of sp³-hybridized carbons (Fsp3) is 0.200. The fourth-order valence-electron chi connectivity index (χ4n) is 0.477. The second-order valence-corrected chi connectivity index (χ2v) is 1.93. The third kappa shape index (κ3) is 1.20. The van der Waals surface area contributed by atoms with Crippen LogP contribution in [0.15, 0.2) is 24.6 Å². The number of hydrogen-bond donors (Lipinski definition) is 0. The maximum atomic E-state index is 3.29. The smallest absolute Gasteiger partial charge is 0.194 e. The Kier molecular flexibility index (Phi) is 1.31. The van der Waals surface area contributed by atoms with Gasteiger partial charge in [-0.1, -0.05) is 12.2 Å². The molecule has 0 spiro atoms. The van der Waals surface area contributed by atoms with E-state index in [-0.39, 0.29) is 0 Å². The van der Waals surface area contributed by atoms with E-state index in [1.807, 2.05) is 17.0 Å². The number of allylic oxidation sites excluding steroid dienone is 2. The Morgan fingerprint density at radius 1 is 1.29 bits per heavy atom. The molecule has 1 aliphatic heterocycles. The van der Waals surface area contributed by atoms with Crippen molar-refractivity contribution < 1.29 is 0 Å². The Balaban J connectivity index is 2.49. The van der Waals surface area contributed by atoms with E-state index < -0.39 is 0 Å². The average Bonchev–Trinajstić information content (AvgIpc) is 1.69. The van der Waals surface area contributed by atoms with Gasteiger partial charge in [-0.3, -0.25) is 0 Å². The molecule has 1 rings (SSSR count). The molecule has 0 aromatic heterocycles. The molecule has 0 N–H and O–H groups in total.